The second kappa shape index (κ2) is 10.4. The van der Waals surface area contributed by atoms with Crippen LogP contribution in [0.15, 0.2) is 30.3 Å². The second-order valence-corrected chi connectivity index (χ2v) is 6.55. The van der Waals surface area contributed by atoms with Gasteiger partial charge in [-0.15, -0.1) is 0 Å². The summed E-state index contributed by atoms with van der Waals surface area (Å²) in [5.74, 6) is 0.0444. The molecule has 5 nitrogen and oxygen atoms in total. The lowest BCUT2D eigenvalue weighted by Crippen LogP contribution is -2.46. The van der Waals surface area contributed by atoms with E-state index in [1.807, 2.05) is 30.3 Å². The molecular weight excluding hydrogens is 300 g/mol. The maximum Gasteiger partial charge on any atom is 0.221 e. The molecule has 1 unspecified atom stereocenters. The van der Waals surface area contributed by atoms with Crippen LogP contribution in [0, 0.1) is 0 Å². The van der Waals surface area contributed by atoms with Crippen LogP contribution in [-0.2, 0) is 4.79 Å². The fourth-order valence-electron chi connectivity index (χ4n) is 3.11. The highest BCUT2D eigenvalue weighted by molar-refractivity contribution is 5.76. The van der Waals surface area contributed by atoms with Gasteiger partial charge in [0.15, 0.2) is 0 Å². The summed E-state index contributed by atoms with van der Waals surface area (Å²) in [7, 11) is 0. The van der Waals surface area contributed by atoms with E-state index in [2.05, 4.69) is 22.0 Å². The highest BCUT2D eigenvalue weighted by atomic mass is 16.1. The molecule has 1 aromatic rings. The van der Waals surface area contributed by atoms with Gasteiger partial charge in [-0.05, 0) is 31.5 Å². The van der Waals surface area contributed by atoms with Gasteiger partial charge in [0.1, 0.15) is 0 Å². The predicted molar refractivity (Wildman–Crippen MR) is 98.8 cm³/mol. The van der Waals surface area contributed by atoms with Gasteiger partial charge in [-0.3, -0.25) is 4.79 Å². The van der Waals surface area contributed by atoms with Crippen molar-refractivity contribution >= 4 is 5.91 Å². The smallest absolute Gasteiger partial charge is 0.221 e. The van der Waals surface area contributed by atoms with E-state index in [0.29, 0.717) is 6.42 Å². The summed E-state index contributed by atoms with van der Waals surface area (Å²) < 4.78 is 0. The van der Waals surface area contributed by atoms with Crippen molar-refractivity contribution in [1.29, 1.82) is 0 Å². The molecule has 1 atom stereocenters. The third kappa shape index (κ3) is 6.59. The van der Waals surface area contributed by atoms with Crippen LogP contribution in [0.5, 0.6) is 0 Å². The number of hydrogen-bond donors (Lipinski definition) is 2. The average molecular weight is 332 g/mol. The highest BCUT2D eigenvalue weighted by Gasteiger charge is 2.14. The molecule has 1 aliphatic heterocycles. The number of nitrogens with zero attached hydrogens (tertiary/aromatic N) is 2. The van der Waals surface area contributed by atoms with Gasteiger partial charge in [0, 0.05) is 45.2 Å². The largest absolute Gasteiger partial charge is 0.356 e. The van der Waals surface area contributed by atoms with Gasteiger partial charge >= 0.3 is 0 Å². The Morgan fingerprint density at radius 3 is 2.46 bits per heavy atom. The van der Waals surface area contributed by atoms with E-state index < -0.39 is 0 Å². The molecule has 134 valence electrons. The summed E-state index contributed by atoms with van der Waals surface area (Å²) in [4.78, 5) is 17.0. The molecule has 0 aromatic heterocycles. The van der Waals surface area contributed by atoms with Crippen LogP contribution in [-0.4, -0.2) is 61.5 Å². The maximum absolute atomic E-state index is 12.0. The standard InChI is InChI=1S/C19H32N4O/c1-2-22-12-14-23(15-13-22)11-7-6-10-21-19(24)16-18(20)17-8-4-3-5-9-17/h3-5,8-9,18H,2,6-7,10-16,20H2,1H3,(H,21,24). The van der Waals surface area contributed by atoms with E-state index in [1.165, 1.54) is 26.2 Å². The Hall–Kier alpha value is -1.43. The van der Waals surface area contributed by atoms with E-state index in [-0.39, 0.29) is 11.9 Å². The quantitative estimate of drug-likeness (QED) is 0.675. The predicted octanol–water partition coefficient (Wildman–Crippen LogP) is 1.61. The van der Waals surface area contributed by atoms with Crippen LogP contribution in [0.3, 0.4) is 0 Å². The third-order valence-corrected chi connectivity index (χ3v) is 4.77. The first-order valence-electron chi connectivity index (χ1n) is 9.21. The molecule has 1 fully saturated rings. The van der Waals surface area contributed by atoms with E-state index in [9.17, 15) is 4.79 Å². The highest BCUT2D eigenvalue weighted by Crippen LogP contribution is 2.12. The van der Waals surface area contributed by atoms with Crippen LogP contribution in [0.25, 0.3) is 0 Å². The second-order valence-electron chi connectivity index (χ2n) is 6.55. The Balaban J connectivity index is 1.52. The number of amides is 1. The molecule has 1 amide bonds. The van der Waals surface area contributed by atoms with E-state index in [4.69, 9.17) is 5.73 Å². The van der Waals surface area contributed by atoms with Crippen LogP contribution in [0.1, 0.15) is 37.8 Å². The number of nitrogens with two attached hydrogens (primary N) is 1. The van der Waals surface area contributed by atoms with Gasteiger partial charge in [0.25, 0.3) is 0 Å². The molecule has 0 aliphatic carbocycles. The molecule has 1 aliphatic rings. The number of piperazine rings is 1. The number of likely N-dealkylation sites (N-methyl/N-ethyl adjacent to an activating group) is 1. The zero-order chi connectivity index (χ0) is 17.2. The Morgan fingerprint density at radius 1 is 1.12 bits per heavy atom. The van der Waals surface area contributed by atoms with E-state index >= 15 is 0 Å². The molecule has 24 heavy (non-hydrogen) atoms. The van der Waals surface area contributed by atoms with Crippen molar-refractivity contribution in [2.75, 3.05) is 45.8 Å². The topological polar surface area (TPSA) is 61.6 Å². The zero-order valence-corrected chi connectivity index (χ0v) is 14.9. The molecule has 1 saturated heterocycles. The number of carbonyl (C=O) groups excluding carboxylic acids is 1. The number of hydrogen-bond acceptors (Lipinski definition) is 4. The van der Waals surface area contributed by atoms with Crippen molar-refractivity contribution in [1.82, 2.24) is 15.1 Å². The summed E-state index contributed by atoms with van der Waals surface area (Å²) in [6, 6.07) is 9.58. The minimum absolute atomic E-state index is 0.0444. The Labute approximate surface area is 146 Å². The minimum atomic E-state index is -0.221. The molecule has 0 bridgehead atoms. The normalized spacial score (nSPS) is 17.6. The van der Waals surface area contributed by atoms with Gasteiger partial charge in [-0.2, -0.15) is 0 Å². The number of nitrogens with one attached hydrogen (secondary N) is 1. The van der Waals surface area contributed by atoms with E-state index in [0.717, 1.165) is 38.0 Å². The summed E-state index contributed by atoms with van der Waals surface area (Å²) in [6.07, 6.45) is 2.51. The zero-order valence-electron chi connectivity index (χ0n) is 14.9. The Bertz CT molecular complexity index is 472. The summed E-state index contributed by atoms with van der Waals surface area (Å²) >= 11 is 0. The number of carbonyl (C=O) groups is 1. The van der Waals surface area contributed by atoms with Crippen molar-refractivity contribution in [3.8, 4) is 0 Å². The van der Waals surface area contributed by atoms with Crippen LogP contribution >= 0.6 is 0 Å². The summed E-state index contributed by atoms with van der Waals surface area (Å²) in [5.41, 5.74) is 7.09. The molecule has 1 heterocycles. The lowest BCUT2D eigenvalue weighted by molar-refractivity contribution is -0.121. The van der Waals surface area contributed by atoms with Gasteiger partial charge in [-0.25, -0.2) is 0 Å². The van der Waals surface area contributed by atoms with Crippen molar-refractivity contribution in [3.63, 3.8) is 0 Å². The van der Waals surface area contributed by atoms with Gasteiger partial charge < -0.3 is 20.9 Å². The van der Waals surface area contributed by atoms with Crippen molar-refractivity contribution in [2.24, 2.45) is 5.73 Å². The van der Waals surface area contributed by atoms with Crippen molar-refractivity contribution in [2.45, 2.75) is 32.2 Å². The molecule has 0 radical (unpaired) electrons. The molecule has 0 spiro atoms. The van der Waals surface area contributed by atoms with Gasteiger partial charge in [0.2, 0.25) is 5.91 Å². The molecule has 3 N–H and O–H groups in total. The minimum Gasteiger partial charge on any atom is -0.356 e. The lowest BCUT2D eigenvalue weighted by atomic mass is 10.0. The van der Waals surface area contributed by atoms with Gasteiger partial charge in [-0.1, -0.05) is 37.3 Å². The first-order valence-corrected chi connectivity index (χ1v) is 9.21. The average Bonchev–Trinajstić information content (AvgIpc) is 2.62. The first kappa shape index (κ1) is 18.9. The summed E-state index contributed by atoms with van der Waals surface area (Å²) in [6.45, 7) is 9.98. The number of rotatable bonds is 9. The molecule has 1 aromatic carbocycles. The van der Waals surface area contributed by atoms with Crippen molar-refractivity contribution in [3.05, 3.63) is 35.9 Å². The summed E-state index contributed by atoms with van der Waals surface area (Å²) in [5, 5.41) is 2.99. The fourth-order valence-corrected chi connectivity index (χ4v) is 3.11. The SMILES string of the molecule is CCN1CCN(CCCCNC(=O)CC(N)c2ccccc2)CC1. The van der Waals surface area contributed by atoms with Crippen LogP contribution in [0.2, 0.25) is 0 Å². The van der Waals surface area contributed by atoms with Crippen LogP contribution in [0.4, 0.5) is 0 Å². The molecule has 2 rings (SSSR count). The number of unbranched alkanes of at least 4 members (excludes halogenated alkanes) is 1. The first-order chi connectivity index (χ1) is 11.7. The van der Waals surface area contributed by atoms with Gasteiger partial charge in [0.05, 0.1) is 0 Å². The molecular formula is C19H32N4O. The van der Waals surface area contributed by atoms with E-state index in [1.54, 1.807) is 0 Å². The van der Waals surface area contributed by atoms with Crippen LogP contribution < -0.4 is 11.1 Å². The number of benzene rings is 1. The lowest BCUT2D eigenvalue weighted by Gasteiger charge is -2.33. The molecule has 5 heteroatoms. The fraction of sp³-hybridized carbons (Fsp3) is 0.632. The monoisotopic (exact) mass is 332 g/mol. The maximum atomic E-state index is 12.0. The third-order valence-electron chi connectivity index (χ3n) is 4.77. The Morgan fingerprint density at radius 2 is 1.79 bits per heavy atom. The molecule has 0 saturated carbocycles. The Kier molecular flexibility index (Phi) is 8.22. The van der Waals surface area contributed by atoms with Crippen molar-refractivity contribution < 1.29 is 4.79 Å².